The molecular weight excluding hydrogens is 196 g/mol. The van der Waals surface area contributed by atoms with E-state index in [2.05, 4.69) is 11.8 Å². The highest BCUT2D eigenvalue weighted by Crippen LogP contribution is 2.14. The molecule has 16 heavy (non-hydrogen) atoms. The van der Waals surface area contributed by atoms with Gasteiger partial charge in [0, 0.05) is 18.9 Å². The number of rotatable bonds is 2. The van der Waals surface area contributed by atoms with E-state index < -0.39 is 0 Å². The minimum atomic E-state index is 0.757. The zero-order valence-electron chi connectivity index (χ0n) is 10.6. The van der Waals surface area contributed by atoms with Crippen LogP contribution in [0.2, 0.25) is 0 Å². The monoisotopic (exact) mass is 220 g/mol. The maximum Gasteiger partial charge on any atom is 0.104 e. The van der Waals surface area contributed by atoms with Crippen LogP contribution in [-0.4, -0.2) is 6.61 Å². The highest BCUT2D eigenvalue weighted by atomic mass is 16.5. The van der Waals surface area contributed by atoms with Crippen LogP contribution in [0.1, 0.15) is 64.7 Å². The van der Waals surface area contributed by atoms with Gasteiger partial charge < -0.3 is 4.74 Å². The Hall–Kier alpha value is -0.900. The van der Waals surface area contributed by atoms with Crippen LogP contribution in [0.4, 0.5) is 0 Å². The zero-order chi connectivity index (χ0) is 11.5. The molecule has 0 saturated heterocycles. The molecule has 0 radical (unpaired) electrons. The van der Waals surface area contributed by atoms with Gasteiger partial charge in [-0.15, -0.1) is 0 Å². The SMILES string of the molecule is CCO/C1=C/C#CCCCCCCCCC1. The van der Waals surface area contributed by atoms with Gasteiger partial charge in [0.2, 0.25) is 0 Å². The Bertz CT molecular complexity index is 254. The van der Waals surface area contributed by atoms with Crippen molar-refractivity contribution in [2.24, 2.45) is 0 Å². The van der Waals surface area contributed by atoms with Crippen LogP contribution < -0.4 is 0 Å². The van der Waals surface area contributed by atoms with Gasteiger partial charge in [-0.25, -0.2) is 0 Å². The highest BCUT2D eigenvalue weighted by Gasteiger charge is 1.98. The molecule has 0 atom stereocenters. The van der Waals surface area contributed by atoms with Gasteiger partial charge in [0.05, 0.1) is 6.61 Å². The number of hydrogen-bond donors (Lipinski definition) is 0. The maximum absolute atomic E-state index is 5.58. The molecule has 1 nitrogen and oxygen atoms in total. The first kappa shape index (κ1) is 13.2. The number of hydrogen-bond acceptors (Lipinski definition) is 1. The van der Waals surface area contributed by atoms with Gasteiger partial charge in [0.1, 0.15) is 5.76 Å². The summed E-state index contributed by atoms with van der Waals surface area (Å²) in [4.78, 5) is 0. The fourth-order valence-electron chi connectivity index (χ4n) is 1.97. The van der Waals surface area contributed by atoms with E-state index in [0.717, 1.165) is 25.2 Å². The minimum Gasteiger partial charge on any atom is -0.498 e. The third-order valence-corrected chi connectivity index (χ3v) is 2.89. The predicted molar refractivity (Wildman–Crippen MR) is 69.0 cm³/mol. The smallest absolute Gasteiger partial charge is 0.104 e. The molecular formula is C15H24O. The average Bonchev–Trinajstić information content (AvgIpc) is 2.31. The summed E-state index contributed by atoms with van der Waals surface area (Å²) in [5.74, 6) is 7.41. The second kappa shape index (κ2) is 9.33. The Kier molecular flexibility index (Phi) is 7.68. The molecule has 0 aromatic carbocycles. The summed E-state index contributed by atoms with van der Waals surface area (Å²) >= 11 is 0. The fraction of sp³-hybridized carbons (Fsp3) is 0.733. The Morgan fingerprint density at radius 1 is 1.06 bits per heavy atom. The topological polar surface area (TPSA) is 9.23 Å². The van der Waals surface area contributed by atoms with E-state index in [4.69, 9.17) is 4.74 Å². The van der Waals surface area contributed by atoms with E-state index >= 15 is 0 Å². The van der Waals surface area contributed by atoms with Crippen molar-refractivity contribution in [3.63, 3.8) is 0 Å². The molecule has 0 aromatic rings. The first-order chi connectivity index (χ1) is 7.93. The van der Waals surface area contributed by atoms with E-state index in [1.807, 2.05) is 13.0 Å². The first-order valence-corrected chi connectivity index (χ1v) is 6.73. The molecule has 0 aromatic heterocycles. The minimum absolute atomic E-state index is 0.757. The Morgan fingerprint density at radius 2 is 1.75 bits per heavy atom. The molecule has 90 valence electrons. The zero-order valence-corrected chi connectivity index (χ0v) is 10.6. The number of ether oxygens (including phenoxy) is 1. The van der Waals surface area contributed by atoms with Crippen molar-refractivity contribution in [2.75, 3.05) is 6.61 Å². The molecule has 1 aliphatic rings. The molecule has 0 saturated carbocycles. The lowest BCUT2D eigenvalue weighted by Gasteiger charge is -2.07. The van der Waals surface area contributed by atoms with Gasteiger partial charge in [0.25, 0.3) is 0 Å². The van der Waals surface area contributed by atoms with Crippen molar-refractivity contribution < 1.29 is 4.74 Å². The Labute approximate surface area is 100 Å². The first-order valence-electron chi connectivity index (χ1n) is 6.73. The Balaban J connectivity index is 2.44. The van der Waals surface area contributed by atoms with Gasteiger partial charge in [0.15, 0.2) is 0 Å². The average molecular weight is 220 g/mol. The van der Waals surface area contributed by atoms with Crippen molar-refractivity contribution in [3.8, 4) is 11.8 Å². The third kappa shape index (κ3) is 6.56. The van der Waals surface area contributed by atoms with Crippen molar-refractivity contribution in [1.29, 1.82) is 0 Å². The maximum atomic E-state index is 5.58. The van der Waals surface area contributed by atoms with Crippen LogP contribution in [0.3, 0.4) is 0 Å². The van der Waals surface area contributed by atoms with Crippen molar-refractivity contribution in [2.45, 2.75) is 64.7 Å². The van der Waals surface area contributed by atoms with Crippen molar-refractivity contribution >= 4 is 0 Å². The molecule has 0 N–H and O–H groups in total. The largest absolute Gasteiger partial charge is 0.498 e. The molecule has 0 amide bonds. The van der Waals surface area contributed by atoms with Crippen LogP contribution >= 0.6 is 0 Å². The fourth-order valence-corrected chi connectivity index (χ4v) is 1.97. The van der Waals surface area contributed by atoms with Crippen LogP contribution in [0, 0.1) is 11.8 Å². The molecule has 0 bridgehead atoms. The second-order valence-corrected chi connectivity index (χ2v) is 4.34. The van der Waals surface area contributed by atoms with E-state index in [1.165, 1.54) is 44.9 Å². The van der Waals surface area contributed by atoms with E-state index in [9.17, 15) is 0 Å². The van der Waals surface area contributed by atoms with Gasteiger partial charge in [-0.05, 0) is 19.8 Å². The highest BCUT2D eigenvalue weighted by molar-refractivity contribution is 5.18. The summed E-state index contributed by atoms with van der Waals surface area (Å²) in [6, 6.07) is 0. The molecule has 0 fully saturated rings. The van der Waals surface area contributed by atoms with E-state index in [1.54, 1.807) is 0 Å². The summed E-state index contributed by atoms with van der Waals surface area (Å²) in [6.45, 7) is 2.79. The lowest BCUT2D eigenvalue weighted by molar-refractivity contribution is 0.216. The standard InChI is InChI=1S/C15H24O/c1-2-16-15-13-11-9-7-5-3-4-6-8-10-12-14-15/h14H,2-9,11,13H2,1H3/b15-14+. The molecule has 1 aliphatic carbocycles. The summed E-state index contributed by atoms with van der Waals surface area (Å²) in [6.07, 6.45) is 13.4. The molecule has 0 aliphatic heterocycles. The lowest BCUT2D eigenvalue weighted by Crippen LogP contribution is -1.92. The molecule has 1 heteroatoms. The molecule has 0 unspecified atom stereocenters. The Morgan fingerprint density at radius 3 is 2.50 bits per heavy atom. The van der Waals surface area contributed by atoms with Crippen LogP contribution in [-0.2, 0) is 4.74 Å². The molecule has 0 heterocycles. The van der Waals surface area contributed by atoms with Crippen LogP contribution in [0.5, 0.6) is 0 Å². The van der Waals surface area contributed by atoms with Crippen LogP contribution in [0.25, 0.3) is 0 Å². The predicted octanol–water partition coefficient (Wildman–Crippen LogP) is 4.43. The van der Waals surface area contributed by atoms with Gasteiger partial charge >= 0.3 is 0 Å². The molecule has 1 rings (SSSR count). The van der Waals surface area contributed by atoms with Crippen LogP contribution in [0.15, 0.2) is 11.8 Å². The summed E-state index contributed by atoms with van der Waals surface area (Å²) < 4.78 is 5.58. The van der Waals surface area contributed by atoms with E-state index in [-0.39, 0.29) is 0 Å². The number of allylic oxidation sites excluding steroid dienone is 2. The van der Waals surface area contributed by atoms with Crippen molar-refractivity contribution in [3.05, 3.63) is 11.8 Å². The summed E-state index contributed by atoms with van der Waals surface area (Å²) in [5.41, 5.74) is 0. The van der Waals surface area contributed by atoms with E-state index in [0.29, 0.717) is 0 Å². The second-order valence-electron chi connectivity index (χ2n) is 4.34. The third-order valence-electron chi connectivity index (χ3n) is 2.89. The van der Waals surface area contributed by atoms with Gasteiger partial charge in [-0.3, -0.25) is 0 Å². The summed E-state index contributed by atoms with van der Waals surface area (Å²) in [5, 5.41) is 0. The van der Waals surface area contributed by atoms with Gasteiger partial charge in [-0.2, -0.15) is 0 Å². The quantitative estimate of drug-likeness (QED) is 0.625. The lowest BCUT2D eigenvalue weighted by atomic mass is 10.1. The van der Waals surface area contributed by atoms with Crippen molar-refractivity contribution in [1.82, 2.24) is 0 Å². The molecule has 0 spiro atoms. The summed E-state index contributed by atoms with van der Waals surface area (Å²) in [7, 11) is 0. The van der Waals surface area contributed by atoms with Gasteiger partial charge in [-0.1, -0.05) is 43.9 Å². The normalized spacial score (nSPS) is 22.4.